The first-order valence-electron chi connectivity index (χ1n) is 6.88. The zero-order chi connectivity index (χ0) is 17.7. The molecule has 24 heavy (non-hydrogen) atoms. The van der Waals surface area contributed by atoms with E-state index in [1.807, 2.05) is 0 Å². The summed E-state index contributed by atoms with van der Waals surface area (Å²) in [6.07, 6.45) is 0. The van der Waals surface area contributed by atoms with Crippen LogP contribution in [0.2, 0.25) is 0 Å². The molecule has 0 atom stereocenters. The molecule has 2 aromatic rings. The molecule has 0 radical (unpaired) electrons. The van der Waals surface area contributed by atoms with Gasteiger partial charge in [0.05, 0.1) is 12.2 Å². The number of alkyl halides is 3. The van der Waals surface area contributed by atoms with Crippen molar-refractivity contribution in [2.24, 2.45) is 0 Å². The first-order chi connectivity index (χ1) is 11.3. The van der Waals surface area contributed by atoms with Crippen LogP contribution in [0.1, 0.15) is 17.3 Å². The highest BCUT2D eigenvalue weighted by atomic mass is 32.2. The molecule has 0 amide bonds. The second-order valence-corrected chi connectivity index (χ2v) is 5.77. The molecule has 8 heteroatoms. The number of carbonyl (C=O) groups is 1. The number of rotatable bonds is 5. The molecule has 0 aliphatic carbocycles. The Bertz CT molecular complexity index is 717. The number of halogens is 3. The maximum atomic E-state index is 12.3. The molecular weight excluding hydrogens is 343 g/mol. The second kappa shape index (κ2) is 7.48. The molecule has 4 nitrogen and oxygen atoms in total. The third-order valence-corrected chi connectivity index (χ3v) is 3.47. The minimum atomic E-state index is -4.34. The summed E-state index contributed by atoms with van der Waals surface area (Å²) in [5, 5.41) is 0. The fraction of sp³-hybridized carbons (Fsp3) is 0.188. The Morgan fingerprint density at radius 1 is 1.12 bits per heavy atom. The molecule has 0 aliphatic rings. The van der Waals surface area contributed by atoms with Crippen LogP contribution < -0.4 is 10.5 Å². The van der Waals surface area contributed by atoms with Crippen molar-refractivity contribution in [1.82, 2.24) is 0 Å². The molecule has 0 spiro atoms. The molecule has 0 fully saturated rings. The highest BCUT2D eigenvalue weighted by Gasteiger charge is 2.29. The molecule has 2 rings (SSSR count). The van der Waals surface area contributed by atoms with Gasteiger partial charge in [0.15, 0.2) is 0 Å². The molecule has 128 valence electrons. The standard InChI is InChI=1S/C16H14F3NO3S/c1-2-22-15(21)10-7-11(20)9-13(8-10)23-12-3-5-14(6-4-12)24-16(17,18)19/h3-9H,2,20H2,1H3. The maximum absolute atomic E-state index is 12.3. The van der Waals surface area contributed by atoms with E-state index in [1.165, 1.54) is 42.5 Å². The van der Waals surface area contributed by atoms with E-state index in [0.29, 0.717) is 11.4 Å². The van der Waals surface area contributed by atoms with Crippen molar-refractivity contribution < 1.29 is 27.4 Å². The number of anilines is 1. The Kier molecular flexibility index (Phi) is 5.61. The van der Waals surface area contributed by atoms with E-state index in [2.05, 4.69) is 0 Å². The van der Waals surface area contributed by atoms with Crippen LogP contribution in [-0.4, -0.2) is 18.1 Å². The summed E-state index contributed by atoms with van der Waals surface area (Å²) in [5.74, 6) is 0.0720. The van der Waals surface area contributed by atoms with Crippen LogP contribution in [0.5, 0.6) is 11.5 Å². The largest absolute Gasteiger partial charge is 0.462 e. The summed E-state index contributed by atoms with van der Waals surface area (Å²) < 4.78 is 47.3. The van der Waals surface area contributed by atoms with Crippen molar-refractivity contribution in [3.63, 3.8) is 0 Å². The Morgan fingerprint density at radius 3 is 2.38 bits per heavy atom. The highest BCUT2D eigenvalue weighted by Crippen LogP contribution is 2.37. The number of carbonyl (C=O) groups excluding carboxylic acids is 1. The predicted octanol–water partition coefficient (Wildman–Crippen LogP) is 4.85. The number of nitrogens with two attached hydrogens (primary N) is 1. The Morgan fingerprint density at radius 2 is 1.79 bits per heavy atom. The first kappa shape index (κ1) is 18.0. The lowest BCUT2D eigenvalue weighted by molar-refractivity contribution is -0.0328. The summed E-state index contributed by atoms with van der Waals surface area (Å²) >= 11 is -0.207. The van der Waals surface area contributed by atoms with E-state index >= 15 is 0 Å². The lowest BCUT2D eigenvalue weighted by atomic mass is 10.2. The van der Waals surface area contributed by atoms with Gasteiger partial charge in [0.25, 0.3) is 0 Å². The normalized spacial score (nSPS) is 11.2. The number of thioether (sulfide) groups is 1. The van der Waals surface area contributed by atoms with E-state index in [1.54, 1.807) is 6.92 Å². The molecule has 0 aromatic heterocycles. The van der Waals surface area contributed by atoms with Crippen molar-refractivity contribution in [2.75, 3.05) is 12.3 Å². The number of esters is 1. The average Bonchev–Trinajstić information content (AvgIpc) is 2.47. The van der Waals surface area contributed by atoms with Crippen LogP contribution in [0.4, 0.5) is 18.9 Å². The van der Waals surface area contributed by atoms with Crippen LogP contribution in [0.25, 0.3) is 0 Å². The topological polar surface area (TPSA) is 61.5 Å². The molecular formula is C16H14F3NO3S. The monoisotopic (exact) mass is 357 g/mol. The SMILES string of the molecule is CCOC(=O)c1cc(N)cc(Oc2ccc(SC(F)(F)F)cc2)c1. The molecule has 0 bridgehead atoms. The van der Waals surface area contributed by atoms with Crippen LogP contribution >= 0.6 is 11.8 Å². The number of ether oxygens (including phenoxy) is 2. The Hall–Kier alpha value is -2.35. The van der Waals surface area contributed by atoms with E-state index in [-0.39, 0.29) is 34.6 Å². The maximum Gasteiger partial charge on any atom is 0.446 e. The van der Waals surface area contributed by atoms with E-state index in [0.717, 1.165) is 0 Å². The van der Waals surface area contributed by atoms with Gasteiger partial charge in [-0.3, -0.25) is 0 Å². The third kappa shape index (κ3) is 5.38. The number of benzene rings is 2. The van der Waals surface area contributed by atoms with Crippen molar-refractivity contribution in [3.8, 4) is 11.5 Å². The fourth-order valence-corrected chi connectivity index (χ4v) is 2.40. The number of nitrogen functional groups attached to an aromatic ring is 1. The molecule has 0 aliphatic heterocycles. The Balaban J connectivity index is 2.14. The third-order valence-electron chi connectivity index (χ3n) is 2.73. The number of hydrogen-bond acceptors (Lipinski definition) is 5. The summed E-state index contributed by atoms with van der Waals surface area (Å²) in [5.41, 5.74) is 1.92. The van der Waals surface area contributed by atoms with Crippen LogP contribution in [0.15, 0.2) is 47.4 Å². The highest BCUT2D eigenvalue weighted by molar-refractivity contribution is 8.00. The molecule has 0 saturated heterocycles. The smallest absolute Gasteiger partial charge is 0.446 e. The van der Waals surface area contributed by atoms with Gasteiger partial charge in [-0.15, -0.1) is 0 Å². The number of hydrogen-bond donors (Lipinski definition) is 1. The van der Waals surface area contributed by atoms with Crippen LogP contribution in [0.3, 0.4) is 0 Å². The van der Waals surface area contributed by atoms with Gasteiger partial charge in [0.1, 0.15) is 11.5 Å². The van der Waals surface area contributed by atoms with E-state index in [4.69, 9.17) is 15.2 Å². The second-order valence-electron chi connectivity index (χ2n) is 4.63. The Labute approximate surface area is 140 Å². The zero-order valence-corrected chi connectivity index (χ0v) is 13.4. The molecule has 2 aromatic carbocycles. The summed E-state index contributed by atoms with van der Waals surface area (Å²) in [6, 6.07) is 9.81. The van der Waals surface area contributed by atoms with Gasteiger partial charge < -0.3 is 15.2 Å². The summed E-state index contributed by atoms with van der Waals surface area (Å²) in [6.45, 7) is 1.91. The quantitative estimate of drug-likeness (QED) is 0.471. The zero-order valence-electron chi connectivity index (χ0n) is 12.6. The lowest BCUT2D eigenvalue weighted by Crippen LogP contribution is -2.05. The van der Waals surface area contributed by atoms with Crippen molar-refractivity contribution in [3.05, 3.63) is 48.0 Å². The van der Waals surface area contributed by atoms with E-state index < -0.39 is 11.5 Å². The lowest BCUT2D eigenvalue weighted by Gasteiger charge is -2.10. The van der Waals surface area contributed by atoms with Gasteiger partial charge in [0.2, 0.25) is 0 Å². The fourth-order valence-electron chi connectivity index (χ4n) is 1.86. The van der Waals surface area contributed by atoms with Gasteiger partial charge in [-0.1, -0.05) is 0 Å². The van der Waals surface area contributed by atoms with E-state index in [9.17, 15) is 18.0 Å². The van der Waals surface area contributed by atoms with Crippen molar-refractivity contribution in [2.45, 2.75) is 17.3 Å². The molecule has 0 saturated carbocycles. The summed E-state index contributed by atoms with van der Waals surface area (Å²) in [4.78, 5) is 11.8. The minimum absolute atomic E-state index is 0.0506. The van der Waals surface area contributed by atoms with Gasteiger partial charge in [0, 0.05) is 16.6 Å². The van der Waals surface area contributed by atoms with Crippen molar-refractivity contribution >= 4 is 23.4 Å². The molecule has 0 heterocycles. The van der Waals surface area contributed by atoms with Crippen LogP contribution in [0, 0.1) is 0 Å². The van der Waals surface area contributed by atoms with Crippen molar-refractivity contribution in [1.29, 1.82) is 0 Å². The minimum Gasteiger partial charge on any atom is -0.462 e. The first-order valence-corrected chi connectivity index (χ1v) is 7.70. The predicted molar refractivity (Wildman–Crippen MR) is 85.2 cm³/mol. The molecule has 2 N–H and O–H groups in total. The average molecular weight is 357 g/mol. The van der Waals surface area contributed by atoms with Gasteiger partial charge in [-0.25, -0.2) is 4.79 Å². The molecule has 0 unspecified atom stereocenters. The van der Waals surface area contributed by atoms with Gasteiger partial charge in [-0.05, 0) is 55.1 Å². The summed E-state index contributed by atoms with van der Waals surface area (Å²) in [7, 11) is 0. The van der Waals surface area contributed by atoms with Crippen LogP contribution in [-0.2, 0) is 4.74 Å². The van der Waals surface area contributed by atoms with Gasteiger partial charge >= 0.3 is 11.5 Å². The van der Waals surface area contributed by atoms with Gasteiger partial charge in [-0.2, -0.15) is 13.2 Å².